The number of nitroso groups, excluding NO2 is 1. The molecule has 0 radical (unpaired) electrons. The van der Waals surface area contributed by atoms with Gasteiger partial charge in [0.25, 0.3) is 0 Å². The minimum Gasteiger partial charge on any atom is -0.283 e. The van der Waals surface area contributed by atoms with Crippen molar-refractivity contribution in [2.24, 2.45) is 5.18 Å². The van der Waals surface area contributed by atoms with Crippen LogP contribution in [-0.4, -0.2) is 5.21 Å². The Bertz CT molecular complexity index is 582. The molecule has 0 aliphatic rings. The van der Waals surface area contributed by atoms with Crippen LogP contribution in [0.2, 0.25) is 0 Å². The molecule has 0 saturated carbocycles. The van der Waals surface area contributed by atoms with Crippen LogP contribution in [-0.2, 0) is 0 Å². The van der Waals surface area contributed by atoms with Gasteiger partial charge in [-0.15, -0.1) is 4.91 Å². The van der Waals surface area contributed by atoms with E-state index < -0.39 is 0 Å². The number of hydrogen-bond donors (Lipinski definition) is 1. The average molecular weight is 242 g/mol. The van der Waals surface area contributed by atoms with E-state index in [0.29, 0.717) is 17.1 Å². The first-order valence-corrected chi connectivity index (χ1v) is 5.62. The molecule has 0 aliphatic heterocycles. The lowest BCUT2D eigenvalue weighted by Crippen LogP contribution is -2.11. The fourth-order valence-corrected chi connectivity index (χ4v) is 1.81. The normalized spacial score (nSPS) is 10.2. The fourth-order valence-electron chi connectivity index (χ4n) is 1.81. The van der Waals surface area contributed by atoms with Gasteiger partial charge in [0.05, 0.1) is 11.4 Å². The standard InChI is InChI=1S/C14H14N2O2/c1-10-5-3-4-6-14(10)16(18)12-7-8-13(15-17)11(2)9-12/h3-9,18H,1-2H3. The Morgan fingerprint density at radius 3 is 2.39 bits per heavy atom. The van der Waals surface area contributed by atoms with E-state index in [0.717, 1.165) is 16.2 Å². The maximum Gasteiger partial charge on any atom is 0.111 e. The van der Waals surface area contributed by atoms with Crippen LogP contribution in [0.5, 0.6) is 0 Å². The molecule has 4 nitrogen and oxygen atoms in total. The van der Waals surface area contributed by atoms with Crippen molar-refractivity contribution in [3.8, 4) is 0 Å². The Morgan fingerprint density at radius 2 is 1.78 bits per heavy atom. The van der Waals surface area contributed by atoms with Crippen molar-refractivity contribution >= 4 is 17.1 Å². The molecule has 0 saturated heterocycles. The Balaban J connectivity index is 2.40. The predicted molar refractivity (Wildman–Crippen MR) is 71.7 cm³/mol. The van der Waals surface area contributed by atoms with Gasteiger partial charge in [-0.1, -0.05) is 18.2 Å². The highest BCUT2D eigenvalue weighted by molar-refractivity contribution is 5.66. The van der Waals surface area contributed by atoms with Gasteiger partial charge in [0.15, 0.2) is 0 Å². The van der Waals surface area contributed by atoms with Crippen LogP contribution in [0.3, 0.4) is 0 Å². The van der Waals surface area contributed by atoms with E-state index in [1.807, 2.05) is 31.2 Å². The summed E-state index contributed by atoms with van der Waals surface area (Å²) in [6.07, 6.45) is 0. The SMILES string of the molecule is Cc1cc(N(O)c2ccccc2C)ccc1N=O. The molecule has 1 N–H and O–H groups in total. The lowest BCUT2D eigenvalue weighted by molar-refractivity contribution is 0.300. The minimum absolute atomic E-state index is 0.386. The third-order valence-corrected chi connectivity index (χ3v) is 2.87. The molecule has 0 aliphatic carbocycles. The number of para-hydroxylation sites is 1. The zero-order valence-electron chi connectivity index (χ0n) is 10.3. The summed E-state index contributed by atoms with van der Waals surface area (Å²) in [7, 11) is 0. The first-order valence-electron chi connectivity index (χ1n) is 5.62. The first-order chi connectivity index (χ1) is 8.63. The molecule has 2 aromatic rings. The number of benzene rings is 2. The lowest BCUT2D eigenvalue weighted by atomic mass is 10.1. The van der Waals surface area contributed by atoms with Crippen LogP contribution in [0.1, 0.15) is 11.1 Å². The van der Waals surface area contributed by atoms with Crippen molar-refractivity contribution in [3.63, 3.8) is 0 Å². The molecule has 0 bridgehead atoms. The smallest absolute Gasteiger partial charge is 0.111 e. The quantitative estimate of drug-likeness (QED) is 0.647. The Labute approximate surface area is 105 Å². The van der Waals surface area contributed by atoms with Crippen molar-refractivity contribution in [2.45, 2.75) is 13.8 Å². The molecule has 0 unspecified atom stereocenters. The first kappa shape index (κ1) is 12.3. The predicted octanol–water partition coefficient (Wildman–Crippen LogP) is 4.23. The number of nitrogens with zero attached hydrogens (tertiary/aromatic N) is 2. The van der Waals surface area contributed by atoms with E-state index in [4.69, 9.17) is 0 Å². The number of rotatable bonds is 3. The van der Waals surface area contributed by atoms with Crippen LogP contribution in [0.4, 0.5) is 17.1 Å². The topological polar surface area (TPSA) is 52.9 Å². The van der Waals surface area contributed by atoms with Gasteiger partial charge in [0, 0.05) is 0 Å². The van der Waals surface area contributed by atoms with Crippen molar-refractivity contribution in [2.75, 3.05) is 5.06 Å². The zero-order chi connectivity index (χ0) is 13.1. The highest BCUT2D eigenvalue weighted by Gasteiger charge is 2.10. The molecule has 0 spiro atoms. The summed E-state index contributed by atoms with van der Waals surface area (Å²) in [4.78, 5) is 10.5. The summed E-state index contributed by atoms with van der Waals surface area (Å²) in [5.74, 6) is 0. The Hall–Kier alpha value is -2.20. The van der Waals surface area contributed by atoms with Crippen LogP contribution in [0, 0.1) is 18.8 Å². The summed E-state index contributed by atoms with van der Waals surface area (Å²) in [6.45, 7) is 3.71. The molecule has 2 rings (SSSR count). The van der Waals surface area contributed by atoms with Crippen molar-refractivity contribution in [1.29, 1.82) is 0 Å². The Kier molecular flexibility index (Phi) is 3.39. The molecular weight excluding hydrogens is 228 g/mol. The van der Waals surface area contributed by atoms with Gasteiger partial charge in [-0.2, -0.15) is 0 Å². The van der Waals surface area contributed by atoms with E-state index in [1.54, 1.807) is 25.1 Å². The largest absolute Gasteiger partial charge is 0.283 e. The zero-order valence-corrected chi connectivity index (χ0v) is 10.3. The minimum atomic E-state index is 0.386. The molecule has 0 amide bonds. The van der Waals surface area contributed by atoms with Crippen LogP contribution in [0.25, 0.3) is 0 Å². The second-order valence-corrected chi connectivity index (χ2v) is 4.16. The molecule has 0 atom stereocenters. The van der Waals surface area contributed by atoms with E-state index in [9.17, 15) is 10.1 Å². The molecule has 0 aromatic heterocycles. The van der Waals surface area contributed by atoms with Gasteiger partial charge in [-0.05, 0) is 54.4 Å². The van der Waals surface area contributed by atoms with Crippen LogP contribution in [0.15, 0.2) is 47.6 Å². The van der Waals surface area contributed by atoms with E-state index in [1.165, 1.54) is 0 Å². The summed E-state index contributed by atoms with van der Waals surface area (Å²) >= 11 is 0. The molecule has 18 heavy (non-hydrogen) atoms. The number of anilines is 2. The van der Waals surface area contributed by atoms with Gasteiger partial charge in [0.2, 0.25) is 0 Å². The monoisotopic (exact) mass is 242 g/mol. The number of hydrogen-bond acceptors (Lipinski definition) is 4. The maximum absolute atomic E-state index is 10.5. The van der Waals surface area contributed by atoms with Crippen molar-refractivity contribution < 1.29 is 5.21 Å². The molecule has 0 fully saturated rings. The summed E-state index contributed by atoms with van der Waals surface area (Å²) in [6, 6.07) is 12.5. The summed E-state index contributed by atoms with van der Waals surface area (Å²) in [5.41, 5.74) is 3.40. The molecule has 2 aromatic carbocycles. The van der Waals surface area contributed by atoms with Gasteiger partial charge in [0.1, 0.15) is 5.69 Å². The maximum atomic E-state index is 10.5. The molecule has 92 valence electrons. The second-order valence-electron chi connectivity index (χ2n) is 4.16. The van der Waals surface area contributed by atoms with Crippen LogP contribution < -0.4 is 5.06 Å². The highest BCUT2D eigenvalue weighted by atomic mass is 16.5. The number of aryl methyl sites for hydroxylation is 2. The van der Waals surface area contributed by atoms with Gasteiger partial charge >= 0.3 is 0 Å². The van der Waals surface area contributed by atoms with Crippen LogP contribution >= 0.6 is 0 Å². The fraction of sp³-hybridized carbons (Fsp3) is 0.143. The van der Waals surface area contributed by atoms with E-state index in [2.05, 4.69) is 5.18 Å². The summed E-state index contributed by atoms with van der Waals surface area (Å²) < 4.78 is 0. The lowest BCUT2D eigenvalue weighted by Gasteiger charge is -2.19. The highest BCUT2D eigenvalue weighted by Crippen LogP contribution is 2.29. The molecular formula is C14H14N2O2. The van der Waals surface area contributed by atoms with Gasteiger partial charge in [-0.3, -0.25) is 5.21 Å². The molecule has 4 heteroatoms. The van der Waals surface area contributed by atoms with Gasteiger partial charge < -0.3 is 0 Å². The van der Waals surface area contributed by atoms with Crippen molar-refractivity contribution in [1.82, 2.24) is 0 Å². The van der Waals surface area contributed by atoms with Crippen molar-refractivity contribution in [3.05, 3.63) is 58.5 Å². The average Bonchev–Trinajstić information content (AvgIpc) is 2.38. The van der Waals surface area contributed by atoms with E-state index in [-0.39, 0.29) is 0 Å². The molecule has 0 heterocycles. The third kappa shape index (κ3) is 2.24. The van der Waals surface area contributed by atoms with Gasteiger partial charge in [-0.25, -0.2) is 5.06 Å². The Morgan fingerprint density at radius 1 is 1.06 bits per heavy atom. The van der Waals surface area contributed by atoms with E-state index >= 15 is 0 Å². The second kappa shape index (κ2) is 4.98. The summed E-state index contributed by atoms with van der Waals surface area (Å²) in [5, 5.41) is 14.2. The third-order valence-electron chi connectivity index (χ3n) is 2.87.